The van der Waals surface area contributed by atoms with Gasteiger partial charge in [-0.25, -0.2) is 0 Å². The van der Waals surface area contributed by atoms with Crippen LogP contribution < -0.4 is 14.4 Å². The van der Waals surface area contributed by atoms with Crippen molar-refractivity contribution in [1.29, 1.82) is 0 Å². The highest BCUT2D eigenvalue weighted by atomic mass is 35.5. The minimum atomic E-state index is -0.751. The minimum absolute atomic E-state index is 0.623. The molecular formula is C23H18ClNO2. The molecule has 4 heteroatoms. The molecule has 2 aliphatic rings. The molecule has 0 unspecified atom stereocenters. The van der Waals surface area contributed by atoms with E-state index in [1.54, 1.807) is 13.2 Å². The lowest BCUT2D eigenvalue weighted by Gasteiger charge is -2.47. The number of anilines is 1. The summed E-state index contributed by atoms with van der Waals surface area (Å²) in [5.41, 5.74) is 4.76. The predicted molar refractivity (Wildman–Crippen MR) is 110 cm³/mol. The highest BCUT2D eigenvalue weighted by Crippen LogP contribution is 2.52. The molecule has 134 valence electrons. The maximum Gasteiger partial charge on any atom is 0.229 e. The lowest BCUT2D eigenvalue weighted by atomic mass is 9.84. The molecular weight excluding hydrogens is 358 g/mol. The van der Waals surface area contributed by atoms with E-state index in [1.807, 2.05) is 12.1 Å². The zero-order valence-electron chi connectivity index (χ0n) is 15.1. The van der Waals surface area contributed by atoms with E-state index < -0.39 is 5.72 Å². The molecule has 3 aromatic rings. The molecule has 0 saturated heterocycles. The van der Waals surface area contributed by atoms with E-state index in [1.165, 1.54) is 11.1 Å². The van der Waals surface area contributed by atoms with Crippen molar-refractivity contribution in [3.05, 3.63) is 82.9 Å². The summed E-state index contributed by atoms with van der Waals surface area (Å²) in [6.07, 6.45) is 4.16. The second-order valence-electron chi connectivity index (χ2n) is 6.78. The number of likely N-dealkylation sites (N-methyl/N-ethyl adjacent to an activating group) is 1. The topological polar surface area (TPSA) is 21.7 Å². The quantitative estimate of drug-likeness (QED) is 0.542. The summed E-state index contributed by atoms with van der Waals surface area (Å²) in [4.78, 5) is 2.18. The monoisotopic (exact) mass is 375 g/mol. The fraction of sp³-hybridized carbons (Fsp3) is 0.130. The van der Waals surface area contributed by atoms with Gasteiger partial charge in [-0.1, -0.05) is 54.1 Å². The smallest absolute Gasteiger partial charge is 0.229 e. The van der Waals surface area contributed by atoms with Gasteiger partial charge in [0.25, 0.3) is 0 Å². The zero-order chi connectivity index (χ0) is 18.6. The number of halogens is 1. The maximum absolute atomic E-state index is 6.69. The average Bonchev–Trinajstić information content (AvgIpc) is 2.72. The van der Waals surface area contributed by atoms with E-state index in [0.717, 1.165) is 16.8 Å². The van der Waals surface area contributed by atoms with Gasteiger partial charge >= 0.3 is 0 Å². The molecule has 1 spiro atoms. The van der Waals surface area contributed by atoms with Crippen LogP contribution in [0.5, 0.6) is 11.5 Å². The number of hydrogen-bond donors (Lipinski definition) is 0. The molecule has 0 saturated carbocycles. The van der Waals surface area contributed by atoms with Crippen LogP contribution in [0, 0.1) is 0 Å². The fourth-order valence-electron chi connectivity index (χ4n) is 4.07. The molecule has 0 bridgehead atoms. The van der Waals surface area contributed by atoms with Crippen molar-refractivity contribution >= 4 is 23.4 Å². The second kappa shape index (κ2) is 5.80. The van der Waals surface area contributed by atoms with Crippen LogP contribution in [0.1, 0.15) is 11.1 Å². The zero-order valence-corrected chi connectivity index (χ0v) is 15.8. The normalized spacial score (nSPS) is 19.1. The Bertz CT molecular complexity index is 1090. The number of rotatable bonds is 1. The first kappa shape index (κ1) is 16.3. The van der Waals surface area contributed by atoms with Gasteiger partial charge in [-0.3, -0.25) is 0 Å². The van der Waals surface area contributed by atoms with E-state index in [-0.39, 0.29) is 0 Å². The second-order valence-corrected chi connectivity index (χ2v) is 7.22. The summed E-state index contributed by atoms with van der Waals surface area (Å²) in [7, 11) is 3.70. The molecule has 0 fully saturated rings. The van der Waals surface area contributed by atoms with E-state index in [9.17, 15) is 0 Å². The Morgan fingerprint density at radius 3 is 2.56 bits per heavy atom. The van der Waals surface area contributed by atoms with Gasteiger partial charge in [0.1, 0.15) is 0 Å². The van der Waals surface area contributed by atoms with Gasteiger partial charge in [0, 0.05) is 40.5 Å². The maximum atomic E-state index is 6.69. The summed E-state index contributed by atoms with van der Waals surface area (Å²) in [5.74, 6) is 1.33. The van der Waals surface area contributed by atoms with Crippen molar-refractivity contribution in [2.45, 2.75) is 5.72 Å². The van der Waals surface area contributed by atoms with Crippen molar-refractivity contribution in [2.75, 3.05) is 19.1 Å². The first-order chi connectivity index (χ1) is 13.1. The summed E-state index contributed by atoms with van der Waals surface area (Å²) < 4.78 is 12.2. The molecule has 0 amide bonds. The molecule has 3 nitrogen and oxygen atoms in total. The predicted octanol–water partition coefficient (Wildman–Crippen LogP) is 5.72. The fourth-order valence-corrected chi connectivity index (χ4v) is 4.29. The van der Waals surface area contributed by atoms with Gasteiger partial charge in [0.2, 0.25) is 5.72 Å². The molecule has 27 heavy (non-hydrogen) atoms. The third-order valence-electron chi connectivity index (χ3n) is 5.38. The lowest BCUT2D eigenvalue weighted by molar-refractivity contribution is 0.111. The molecule has 2 aliphatic heterocycles. The standard InChI is InChI=1S/C23H18ClNO2/c1-25-20-10-6-4-8-18(20)17-7-3-5-9-19(17)23(25)12-11-15-13-16(24)14-21(26-2)22(15)27-23/h3-14H,1-2H3/t23-/m0/s1. The van der Waals surface area contributed by atoms with Crippen LogP contribution in [0.15, 0.2) is 66.7 Å². The average molecular weight is 376 g/mol. The van der Waals surface area contributed by atoms with Crippen molar-refractivity contribution in [3.63, 3.8) is 0 Å². The van der Waals surface area contributed by atoms with Crippen LogP contribution in [0.3, 0.4) is 0 Å². The Morgan fingerprint density at radius 2 is 1.74 bits per heavy atom. The molecule has 1 atom stereocenters. The third kappa shape index (κ3) is 2.22. The number of benzene rings is 3. The van der Waals surface area contributed by atoms with E-state index in [2.05, 4.69) is 66.6 Å². The third-order valence-corrected chi connectivity index (χ3v) is 5.60. The minimum Gasteiger partial charge on any atom is -0.493 e. The van der Waals surface area contributed by atoms with Gasteiger partial charge in [-0.15, -0.1) is 0 Å². The molecule has 0 N–H and O–H groups in total. The SMILES string of the molecule is COc1cc(Cl)cc2c1O[C@@]1(C=C2)c2ccccc2-c2ccccc2N1C. The van der Waals surface area contributed by atoms with Crippen molar-refractivity contribution in [2.24, 2.45) is 0 Å². The Balaban J connectivity index is 1.77. The molecule has 0 radical (unpaired) electrons. The van der Waals surface area contributed by atoms with E-state index in [0.29, 0.717) is 16.5 Å². The summed E-state index contributed by atoms with van der Waals surface area (Å²) in [6.45, 7) is 0. The van der Waals surface area contributed by atoms with Gasteiger partial charge in [0.15, 0.2) is 11.5 Å². The summed E-state index contributed by atoms with van der Waals surface area (Å²) >= 11 is 6.23. The van der Waals surface area contributed by atoms with Crippen LogP contribution in [-0.2, 0) is 5.72 Å². The number of fused-ring (bicyclic) bond motifs is 5. The first-order valence-corrected chi connectivity index (χ1v) is 9.20. The molecule has 0 aliphatic carbocycles. The van der Waals surface area contributed by atoms with Crippen LogP contribution >= 0.6 is 11.6 Å². The van der Waals surface area contributed by atoms with Crippen LogP contribution in [0.2, 0.25) is 5.02 Å². The Hall–Kier alpha value is -2.91. The van der Waals surface area contributed by atoms with Crippen LogP contribution in [0.25, 0.3) is 17.2 Å². The number of nitrogens with zero attached hydrogens (tertiary/aromatic N) is 1. The van der Waals surface area contributed by atoms with Gasteiger partial charge in [0.05, 0.1) is 7.11 Å². The largest absolute Gasteiger partial charge is 0.493 e. The number of ether oxygens (including phenoxy) is 2. The van der Waals surface area contributed by atoms with Crippen molar-refractivity contribution in [1.82, 2.24) is 0 Å². The van der Waals surface area contributed by atoms with E-state index >= 15 is 0 Å². The van der Waals surface area contributed by atoms with Gasteiger partial charge in [-0.2, -0.15) is 0 Å². The number of hydrogen-bond acceptors (Lipinski definition) is 3. The number of para-hydroxylation sites is 1. The van der Waals surface area contributed by atoms with Crippen molar-refractivity contribution < 1.29 is 9.47 Å². The van der Waals surface area contributed by atoms with Crippen LogP contribution in [0.4, 0.5) is 5.69 Å². The molecule has 5 rings (SSSR count). The summed E-state index contributed by atoms with van der Waals surface area (Å²) in [6, 6.07) is 20.5. The van der Waals surface area contributed by atoms with E-state index in [4.69, 9.17) is 21.1 Å². The Kier molecular flexibility index (Phi) is 3.49. The van der Waals surface area contributed by atoms with Gasteiger partial charge < -0.3 is 14.4 Å². The Morgan fingerprint density at radius 1 is 1.00 bits per heavy atom. The summed E-state index contributed by atoms with van der Waals surface area (Å²) in [5, 5.41) is 0.623. The molecule has 2 heterocycles. The molecule has 3 aromatic carbocycles. The highest BCUT2D eigenvalue weighted by molar-refractivity contribution is 6.31. The lowest BCUT2D eigenvalue weighted by Crippen LogP contribution is -2.50. The Labute approximate surface area is 163 Å². The first-order valence-electron chi connectivity index (χ1n) is 8.82. The van der Waals surface area contributed by atoms with Crippen molar-refractivity contribution in [3.8, 4) is 22.6 Å². The highest BCUT2D eigenvalue weighted by Gasteiger charge is 2.45. The molecule has 0 aromatic heterocycles. The number of methoxy groups -OCH3 is 1. The van der Waals surface area contributed by atoms with Gasteiger partial charge in [-0.05, 0) is 29.8 Å². The van der Waals surface area contributed by atoms with Crippen LogP contribution in [-0.4, -0.2) is 14.2 Å².